The van der Waals surface area contributed by atoms with Gasteiger partial charge in [0.2, 0.25) is 0 Å². The van der Waals surface area contributed by atoms with Gasteiger partial charge in [0.25, 0.3) is 0 Å². The van der Waals surface area contributed by atoms with Crippen LogP contribution in [0.2, 0.25) is 0 Å². The van der Waals surface area contributed by atoms with Gasteiger partial charge in [0.05, 0.1) is 6.04 Å². The van der Waals surface area contributed by atoms with E-state index >= 15 is 0 Å². The fraction of sp³-hybridized carbons (Fsp3) is 0.611. The Bertz CT molecular complexity index is 511. The fourth-order valence-electron chi connectivity index (χ4n) is 3.03. The lowest BCUT2D eigenvalue weighted by Gasteiger charge is -2.41. The highest BCUT2D eigenvalue weighted by molar-refractivity contribution is 5.90. The molecule has 0 saturated carbocycles. The van der Waals surface area contributed by atoms with Crippen LogP contribution in [0.15, 0.2) is 18.2 Å². The molecule has 20 heavy (non-hydrogen) atoms. The molecule has 0 amide bonds. The zero-order valence-corrected chi connectivity index (χ0v) is 13.7. The molecule has 0 radical (unpaired) electrons. The van der Waals surface area contributed by atoms with Crippen LogP contribution in [0.5, 0.6) is 0 Å². The van der Waals surface area contributed by atoms with E-state index in [0.29, 0.717) is 11.8 Å². The Morgan fingerprint density at radius 3 is 2.50 bits per heavy atom. The monoisotopic (exact) mass is 273 g/mol. The molecule has 2 heteroatoms. The lowest BCUT2D eigenvalue weighted by atomic mass is 9.79. The summed E-state index contributed by atoms with van der Waals surface area (Å²) in [6, 6.07) is 6.84. The summed E-state index contributed by atoms with van der Waals surface area (Å²) in [4.78, 5) is 15.3. The Kier molecular flexibility index (Phi) is 4.06. The number of benzene rings is 1. The van der Waals surface area contributed by atoms with E-state index in [1.54, 1.807) is 0 Å². The first-order valence-corrected chi connectivity index (χ1v) is 7.61. The summed E-state index contributed by atoms with van der Waals surface area (Å²) in [7, 11) is 0. The van der Waals surface area contributed by atoms with Gasteiger partial charge in [-0.2, -0.15) is 0 Å². The average molecular weight is 273 g/mol. The topological polar surface area (TPSA) is 20.3 Å². The number of carbonyl (C=O) groups excluding carboxylic acids is 1. The molecule has 1 aromatic rings. The third-order valence-electron chi connectivity index (χ3n) is 4.21. The Morgan fingerprint density at radius 2 is 1.95 bits per heavy atom. The van der Waals surface area contributed by atoms with Gasteiger partial charge in [-0.25, -0.2) is 0 Å². The number of aryl methyl sites for hydroxylation is 1. The highest BCUT2D eigenvalue weighted by Crippen LogP contribution is 2.37. The minimum Gasteiger partial charge on any atom is -0.297 e. The van der Waals surface area contributed by atoms with Crippen LogP contribution in [-0.4, -0.2) is 23.3 Å². The van der Waals surface area contributed by atoms with Crippen molar-refractivity contribution in [2.24, 2.45) is 5.41 Å². The van der Waals surface area contributed by atoms with E-state index in [1.807, 2.05) is 20.8 Å². The lowest BCUT2D eigenvalue weighted by molar-refractivity contribution is -0.133. The predicted octanol–water partition coefficient (Wildman–Crippen LogP) is 3.92. The second-order valence-electron chi connectivity index (χ2n) is 7.30. The molecule has 0 bridgehead atoms. The van der Waals surface area contributed by atoms with Crippen LogP contribution >= 0.6 is 0 Å². The van der Waals surface area contributed by atoms with Crippen LogP contribution in [0.4, 0.5) is 0 Å². The molecular weight excluding hydrogens is 246 g/mol. The lowest BCUT2D eigenvalue weighted by Crippen LogP contribution is -2.46. The number of hydrogen-bond acceptors (Lipinski definition) is 2. The molecule has 0 aliphatic carbocycles. The van der Waals surface area contributed by atoms with Crippen molar-refractivity contribution in [2.45, 2.75) is 60.0 Å². The van der Waals surface area contributed by atoms with E-state index in [-0.39, 0.29) is 11.5 Å². The standard InChI is InChI=1S/C18H27NO/c1-12(2)19-10-9-14-11-13(3)7-8-15(14)16(19)17(20)18(4,5)6/h7-8,11-12,16H,9-10H2,1-6H3. The van der Waals surface area contributed by atoms with Crippen molar-refractivity contribution in [2.75, 3.05) is 6.54 Å². The molecule has 2 rings (SSSR count). The van der Waals surface area contributed by atoms with E-state index in [9.17, 15) is 4.79 Å². The molecule has 0 N–H and O–H groups in total. The van der Waals surface area contributed by atoms with Gasteiger partial charge in [0, 0.05) is 18.0 Å². The van der Waals surface area contributed by atoms with Crippen molar-refractivity contribution in [1.29, 1.82) is 0 Å². The van der Waals surface area contributed by atoms with Gasteiger partial charge in [-0.3, -0.25) is 9.69 Å². The van der Waals surface area contributed by atoms with Crippen molar-refractivity contribution in [3.05, 3.63) is 34.9 Å². The summed E-state index contributed by atoms with van der Waals surface area (Å²) in [5.74, 6) is 0.330. The van der Waals surface area contributed by atoms with E-state index in [0.717, 1.165) is 13.0 Å². The van der Waals surface area contributed by atoms with Crippen molar-refractivity contribution >= 4 is 5.78 Å². The van der Waals surface area contributed by atoms with Crippen molar-refractivity contribution in [1.82, 2.24) is 4.90 Å². The minimum atomic E-state index is -0.308. The molecule has 1 aliphatic rings. The molecule has 2 nitrogen and oxygen atoms in total. The Morgan fingerprint density at radius 1 is 1.30 bits per heavy atom. The van der Waals surface area contributed by atoms with Gasteiger partial charge in [-0.15, -0.1) is 0 Å². The normalized spacial score (nSPS) is 20.1. The van der Waals surface area contributed by atoms with E-state index in [4.69, 9.17) is 0 Å². The van der Waals surface area contributed by atoms with Gasteiger partial charge in [0.15, 0.2) is 5.78 Å². The predicted molar refractivity (Wildman–Crippen MR) is 83.9 cm³/mol. The summed E-state index contributed by atoms with van der Waals surface area (Å²) in [6.07, 6.45) is 1.04. The Hall–Kier alpha value is -1.15. The molecule has 0 fully saturated rings. The van der Waals surface area contributed by atoms with Crippen LogP contribution in [0, 0.1) is 12.3 Å². The molecule has 1 unspecified atom stereocenters. The van der Waals surface area contributed by atoms with Gasteiger partial charge < -0.3 is 0 Å². The minimum absolute atomic E-state index is 0.0839. The van der Waals surface area contributed by atoms with Crippen molar-refractivity contribution < 1.29 is 4.79 Å². The van der Waals surface area contributed by atoms with E-state index in [2.05, 4.69) is 43.9 Å². The first-order chi connectivity index (χ1) is 9.21. The highest BCUT2D eigenvalue weighted by Gasteiger charge is 2.38. The molecule has 0 aromatic heterocycles. The molecule has 0 spiro atoms. The number of Topliss-reactive ketones (excluding diaryl/α,β-unsaturated/α-hetero) is 1. The molecule has 1 aromatic carbocycles. The number of rotatable bonds is 2. The number of nitrogens with zero attached hydrogens (tertiary/aromatic N) is 1. The van der Waals surface area contributed by atoms with Crippen LogP contribution in [-0.2, 0) is 11.2 Å². The van der Waals surface area contributed by atoms with Gasteiger partial charge in [0.1, 0.15) is 0 Å². The second-order valence-corrected chi connectivity index (χ2v) is 7.30. The number of carbonyl (C=O) groups is 1. The first kappa shape index (κ1) is 15.2. The average Bonchev–Trinajstić information content (AvgIpc) is 2.34. The molecular formula is C18H27NO. The maximum absolute atomic E-state index is 12.9. The Labute approximate surface area is 123 Å². The van der Waals surface area contributed by atoms with Crippen LogP contribution in [0.25, 0.3) is 0 Å². The maximum atomic E-state index is 12.9. The largest absolute Gasteiger partial charge is 0.297 e. The number of ketones is 1. The maximum Gasteiger partial charge on any atom is 0.159 e. The number of hydrogen-bond donors (Lipinski definition) is 0. The molecule has 1 heterocycles. The van der Waals surface area contributed by atoms with Gasteiger partial charge in [-0.1, -0.05) is 44.5 Å². The SMILES string of the molecule is Cc1ccc2c(c1)CCN(C(C)C)C2C(=O)C(C)(C)C. The zero-order chi connectivity index (χ0) is 15.1. The summed E-state index contributed by atoms with van der Waals surface area (Å²) in [5.41, 5.74) is 3.54. The van der Waals surface area contributed by atoms with Crippen molar-refractivity contribution in [3.8, 4) is 0 Å². The summed E-state index contributed by atoms with van der Waals surface area (Å²) in [6.45, 7) is 13.5. The molecule has 110 valence electrons. The Balaban J connectivity index is 2.50. The third-order valence-corrected chi connectivity index (χ3v) is 4.21. The van der Waals surface area contributed by atoms with Gasteiger partial charge in [-0.05, 0) is 38.3 Å². The number of fused-ring (bicyclic) bond motifs is 1. The third kappa shape index (κ3) is 2.80. The van der Waals surface area contributed by atoms with Crippen LogP contribution in [0.1, 0.15) is 57.4 Å². The molecule has 1 aliphatic heterocycles. The molecule has 1 atom stereocenters. The first-order valence-electron chi connectivity index (χ1n) is 7.61. The quantitative estimate of drug-likeness (QED) is 0.814. The highest BCUT2D eigenvalue weighted by atomic mass is 16.1. The summed E-state index contributed by atoms with van der Waals surface area (Å²) in [5, 5.41) is 0. The van der Waals surface area contributed by atoms with E-state index in [1.165, 1.54) is 16.7 Å². The zero-order valence-electron chi connectivity index (χ0n) is 13.7. The summed E-state index contributed by atoms with van der Waals surface area (Å²) >= 11 is 0. The summed E-state index contributed by atoms with van der Waals surface area (Å²) < 4.78 is 0. The van der Waals surface area contributed by atoms with Gasteiger partial charge >= 0.3 is 0 Å². The smallest absolute Gasteiger partial charge is 0.159 e. The van der Waals surface area contributed by atoms with Crippen LogP contribution < -0.4 is 0 Å². The van der Waals surface area contributed by atoms with Crippen molar-refractivity contribution in [3.63, 3.8) is 0 Å². The fourth-order valence-corrected chi connectivity index (χ4v) is 3.03. The molecule has 0 saturated heterocycles. The second kappa shape index (κ2) is 5.33. The van der Waals surface area contributed by atoms with E-state index < -0.39 is 0 Å². The van der Waals surface area contributed by atoms with Crippen LogP contribution in [0.3, 0.4) is 0 Å².